The maximum absolute atomic E-state index is 13.1. The third-order valence-electron chi connectivity index (χ3n) is 5.77. The number of ether oxygens (including phenoxy) is 1. The first-order valence-corrected chi connectivity index (χ1v) is 10.5. The topological polar surface area (TPSA) is 41.6 Å². The smallest absolute Gasteiger partial charge is 0.228 e. The van der Waals surface area contributed by atoms with Crippen molar-refractivity contribution in [3.05, 3.63) is 96.1 Å². The van der Waals surface area contributed by atoms with Crippen molar-refractivity contribution in [2.24, 2.45) is 5.92 Å². The Kier molecular flexibility index (Phi) is 6.45. The molecule has 4 heteroatoms. The average Bonchev–Trinajstić information content (AvgIpc) is 2.80. The number of hydrogen-bond acceptors (Lipinski definition) is 3. The predicted octanol–water partition coefficient (Wildman–Crippen LogP) is 4.94. The molecule has 0 aromatic heterocycles. The zero-order valence-electron chi connectivity index (χ0n) is 17.3. The van der Waals surface area contributed by atoms with Crippen LogP contribution in [-0.2, 0) is 11.3 Å². The van der Waals surface area contributed by atoms with Crippen LogP contribution in [0.2, 0.25) is 0 Å². The quantitative estimate of drug-likeness (QED) is 0.637. The van der Waals surface area contributed by atoms with Gasteiger partial charge in [0.2, 0.25) is 5.91 Å². The van der Waals surface area contributed by atoms with E-state index in [1.807, 2.05) is 36.4 Å². The van der Waals surface area contributed by atoms with E-state index in [-0.39, 0.29) is 11.8 Å². The first-order chi connectivity index (χ1) is 14.7. The number of carbonyl (C=O) groups excluding carboxylic acids is 1. The Balaban J connectivity index is 1.50. The number of nitrogens with zero attached hydrogens (tertiary/aromatic N) is 1. The number of amides is 1. The van der Waals surface area contributed by atoms with Crippen LogP contribution in [0.3, 0.4) is 0 Å². The van der Waals surface area contributed by atoms with Crippen molar-refractivity contribution >= 4 is 11.6 Å². The van der Waals surface area contributed by atoms with Gasteiger partial charge in [0, 0.05) is 25.3 Å². The van der Waals surface area contributed by atoms with Gasteiger partial charge >= 0.3 is 0 Å². The number of piperidine rings is 1. The minimum atomic E-state index is -0.0604. The second-order valence-corrected chi connectivity index (χ2v) is 7.94. The highest BCUT2D eigenvalue weighted by atomic mass is 16.5. The fourth-order valence-electron chi connectivity index (χ4n) is 4.24. The first-order valence-electron chi connectivity index (χ1n) is 10.5. The lowest BCUT2D eigenvalue weighted by Crippen LogP contribution is -2.43. The van der Waals surface area contributed by atoms with Crippen LogP contribution in [-0.4, -0.2) is 31.0 Å². The van der Waals surface area contributed by atoms with E-state index in [4.69, 9.17) is 4.74 Å². The van der Waals surface area contributed by atoms with Gasteiger partial charge in [0.25, 0.3) is 0 Å². The van der Waals surface area contributed by atoms with E-state index < -0.39 is 0 Å². The molecule has 1 aliphatic rings. The van der Waals surface area contributed by atoms with Crippen LogP contribution in [0, 0.1) is 5.92 Å². The third kappa shape index (κ3) is 5.08. The number of hydrogen-bond donors (Lipinski definition) is 1. The zero-order chi connectivity index (χ0) is 20.8. The summed E-state index contributed by atoms with van der Waals surface area (Å²) in [4.78, 5) is 15.5. The Bertz CT molecular complexity index is 942. The van der Waals surface area contributed by atoms with Crippen molar-refractivity contribution in [2.45, 2.75) is 18.9 Å². The van der Waals surface area contributed by atoms with Gasteiger partial charge in [0.05, 0.1) is 13.0 Å². The number of carbonyl (C=O) groups is 1. The van der Waals surface area contributed by atoms with Gasteiger partial charge in [-0.2, -0.15) is 0 Å². The Morgan fingerprint density at radius 2 is 1.60 bits per heavy atom. The molecule has 1 fully saturated rings. The largest absolute Gasteiger partial charge is 0.497 e. The van der Waals surface area contributed by atoms with Crippen molar-refractivity contribution in [3.8, 4) is 5.75 Å². The second kappa shape index (κ2) is 9.59. The lowest BCUT2D eigenvalue weighted by molar-refractivity contribution is -0.121. The summed E-state index contributed by atoms with van der Waals surface area (Å²) in [6.07, 6.45) is 0.858. The number of rotatable bonds is 6. The summed E-state index contributed by atoms with van der Waals surface area (Å²) in [5.41, 5.74) is 3.38. The molecule has 1 amide bonds. The minimum Gasteiger partial charge on any atom is -0.497 e. The maximum atomic E-state index is 13.1. The summed E-state index contributed by atoms with van der Waals surface area (Å²) in [6, 6.07) is 28.5. The molecule has 0 radical (unpaired) electrons. The molecule has 4 rings (SSSR count). The third-order valence-corrected chi connectivity index (χ3v) is 5.77. The highest BCUT2D eigenvalue weighted by molar-refractivity contribution is 5.92. The molecule has 1 heterocycles. The standard InChI is InChI=1S/C26H28N2O2/c1-30-25-14-12-24(13-15-25)27-26(29)23-16-22(21-10-6-3-7-11-21)18-28(19-23)17-20-8-4-2-5-9-20/h2-15,22-23H,16-19H2,1H3,(H,27,29). The summed E-state index contributed by atoms with van der Waals surface area (Å²) in [6.45, 7) is 2.59. The van der Waals surface area contributed by atoms with E-state index in [2.05, 4.69) is 58.7 Å². The summed E-state index contributed by atoms with van der Waals surface area (Å²) in [5.74, 6) is 1.15. The molecule has 154 valence electrons. The van der Waals surface area contributed by atoms with E-state index in [0.717, 1.165) is 37.5 Å². The molecular weight excluding hydrogens is 372 g/mol. The van der Waals surface area contributed by atoms with E-state index in [0.29, 0.717) is 5.92 Å². The van der Waals surface area contributed by atoms with Crippen LogP contribution in [0.25, 0.3) is 0 Å². The molecule has 0 spiro atoms. The molecule has 2 unspecified atom stereocenters. The minimum absolute atomic E-state index is 0.0604. The van der Waals surface area contributed by atoms with Gasteiger partial charge in [-0.15, -0.1) is 0 Å². The molecule has 0 bridgehead atoms. The molecule has 1 saturated heterocycles. The molecular formula is C26H28N2O2. The van der Waals surface area contributed by atoms with Gasteiger partial charge in [-0.1, -0.05) is 60.7 Å². The molecule has 4 nitrogen and oxygen atoms in total. The zero-order valence-corrected chi connectivity index (χ0v) is 17.3. The summed E-state index contributed by atoms with van der Waals surface area (Å²) >= 11 is 0. The van der Waals surface area contributed by atoms with Gasteiger partial charge in [-0.25, -0.2) is 0 Å². The number of nitrogens with one attached hydrogen (secondary N) is 1. The van der Waals surface area contributed by atoms with Gasteiger partial charge in [-0.3, -0.25) is 9.69 Å². The molecule has 3 aromatic carbocycles. The lowest BCUT2D eigenvalue weighted by Gasteiger charge is -2.37. The number of methoxy groups -OCH3 is 1. The monoisotopic (exact) mass is 400 g/mol. The lowest BCUT2D eigenvalue weighted by atomic mass is 9.84. The molecule has 0 saturated carbocycles. The Hall–Kier alpha value is -3.11. The van der Waals surface area contributed by atoms with Gasteiger partial charge < -0.3 is 10.1 Å². The SMILES string of the molecule is COc1ccc(NC(=O)C2CC(c3ccccc3)CN(Cc3ccccc3)C2)cc1. The highest BCUT2D eigenvalue weighted by Crippen LogP contribution is 2.32. The highest BCUT2D eigenvalue weighted by Gasteiger charge is 2.32. The van der Waals surface area contributed by atoms with E-state index >= 15 is 0 Å². The Labute approximate surface area is 178 Å². The molecule has 1 N–H and O–H groups in total. The fourth-order valence-corrected chi connectivity index (χ4v) is 4.24. The Morgan fingerprint density at radius 1 is 0.933 bits per heavy atom. The van der Waals surface area contributed by atoms with Crippen LogP contribution in [0.5, 0.6) is 5.75 Å². The summed E-state index contributed by atoms with van der Waals surface area (Å²) < 4.78 is 5.20. The van der Waals surface area contributed by atoms with E-state index in [1.165, 1.54) is 11.1 Å². The van der Waals surface area contributed by atoms with Crippen LogP contribution in [0.15, 0.2) is 84.9 Å². The number of benzene rings is 3. The molecule has 30 heavy (non-hydrogen) atoms. The van der Waals surface area contributed by atoms with Crippen molar-refractivity contribution < 1.29 is 9.53 Å². The molecule has 0 aliphatic carbocycles. The summed E-state index contributed by atoms with van der Waals surface area (Å²) in [7, 11) is 1.64. The van der Waals surface area contributed by atoms with Crippen molar-refractivity contribution in [2.75, 3.05) is 25.5 Å². The van der Waals surface area contributed by atoms with Crippen LogP contribution in [0.1, 0.15) is 23.5 Å². The molecule has 3 aromatic rings. The van der Waals surface area contributed by atoms with Crippen LogP contribution >= 0.6 is 0 Å². The van der Waals surface area contributed by atoms with Gasteiger partial charge in [0.1, 0.15) is 5.75 Å². The van der Waals surface area contributed by atoms with Gasteiger partial charge in [0.15, 0.2) is 0 Å². The predicted molar refractivity (Wildman–Crippen MR) is 121 cm³/mol. The van der Waals surface area contributed by atoms with Crippen molar-refractivity contribution in [1.29, 1.82) is 0 Å². The fraction of sp³-hybridized carbons (Fsp3) is 0.269. The first kappa shape index (κ1) is 20.2. The van der Waals surface area contributed by atoms with Crippen molar-refractivity contribution in [3.63, 3.8) is 0 Å². The Morgan fingerprint density at radius 3 is 2.27 bits per heavy atom. The maximum Gasteiger partial charge on any atom is 0.228 e. The number of likely N-dealkylation sites (tertiary alicyclic amines) is 1. The van der Waals surface area contributed by atoms with Crippen LogP contribution in [0.4, 0.5) is 5.69 Å². The normalized spacial score (nSPS) is 19.2. The van der Waals surface area contributed by atoms with Crippen molar-refractivity contribution in [1.82, 2.24) is 4.90 Å². The molecule has 2 atom stereocenters. The number of anilines is 1. The van der Waals surface area contributed by atoms with E-state index in [1.54, 1.807) is 7.11 Å². The van der Waals surface area contributed by atoms with Crippen LogP contribution < -0.4 is 10.1 Å². The van der Waals surface area contributed by atoms with Gasteiger partial charge in [-0.05, 0) is 47.7 Å². The van der Waals surface area contributed by atoms with E-state index in [9.17, 15) is 4.79 Å². The summed E-state index contributed by atoms with van der Waals surface area (Å²) in [5, 5.41) is 3.10. The molecule has 1 aliphatic heterocycles. The second-order valence-electron chi connectivity index (χ2n) is 7.94. The average molecular weight is 401 g/mol.